The van der Waals surface area contributed by atoms with Crippen molar-refractivity contribution in [3.8, 4) is 11.5 Å². The molecule has 2 aromatic heterocycles. The zero-order chi connectivity index (χ0) is 14.7. The summed E-state index contributed by atoms with van der Waals surface area (Å²) in [5, 5.41) is 12.8. The molecule has 1 N–H and O–H groups in total. The molecular formula is C14H10ClN3O2S. The third-order valence-electron chi connectivity index (χ3n) is 2.68. The Hall–Kier alpha value is -2.18. The number of carbonyl (C=O) groups is 1. The molecule has 0 bridgehead atoms. The molecule has 0 aliphatic heterocycles. The molecule has 0 spiro atoms. The molecule has 0 saturated heterocycles. The topological polar surface area (TPSA) is 68.0 Å². The number of hydrogen-bond acceptors (Lipinski definition) is 5. The molecule has 5 nitrogen and oxygen atoms in total. The fourth-order valence-corrected chi connectivity index (χ4v) is 2.55. The first-order chi connectivity index (χ1) is 10.2. The molecule has 0 aliphatic carbocycles. The molecule has 1 aromatic carbocycles. The van der Waals surface area contributed by atoms with E-state index in [-0.39, 0.29) is 18.3 Å². The van der Waals surface area contributed by atoms with E-state index in [1.165, 1.54) is 11.3 Å². The number of amides is 1. The van der Waals surface area contributed by atoms with Gasteiger partial charge in [-0.1, -0.05) is 22.8 Å². The Morgan fingerprint density at radius 1 is 1.24 bits per heavy atom. The zero-order valence-corrected chi connectivity index (χ0v) is 12.3. The van der Waals surface area contributed by atoms with Crippen molar-refractivity contribution >= 4 is 34.9 Å². The lowest BCUT2D eigenvalue weighted by Crippen LogP contribution is -2.13. The highest BCUT2D eigenvalue weighted by atomic mass is 35.5. The summed E-state index contributed by atoms with van der Waals surface area (Å²) in [5.41, 5.74) is 0.741. The number of rotatable bonds is 4. The third kappa shape index (κ3) is 3.48. The van der Waals surface area contributed by atoms with Crippen LogP contribution in [0.2, 0.25) is 5.02 Å². The van der Waals surface area contributed by atoms with E-state index < -0.39 is 0 Å². The van der Waals surface area contributed by atoms with Crippen LogP contribution in [0.1, 0.15) is 4.88 Å². The van der Waals surface area contributed by atoms with Crippen LogP contribution in [0.5, 0.6) is 0 Å². The first kappa shape index (κ1) is 13.8. The van der Waals surface area contributed by atoms with Crippen LogP contribution in [-0.4, -0.2) is 16.1 Å². The third-order valence-corrected chi connectivity index (χ3v) is 3.81. The molecule has 0 saturated carbocycles. The van der Waals surface area contributed by atoms with Crippen LogP contribution in [0.25, 0.3) is 11.5 Å². The van der Waals surface area contributed by atoms with Crippen molar-refractivity contribution in [3.63, 3.8) is 0 Å². The van der Waals surface area contributed by atoms with Crippen molar-refractivity contribution in [2.45, 2.75) is 6.42 Å². The summed E-state index contributed by atoms with van der Waals surface area (Å²) in [6.45, 7) is 0. The fraction of sp³-hybridized carbons (Fsp3) is 0.0714. The van der Waals surface area contributed by atoms with Crippen LogP contribution < -0.4 is 5.32 Å². The Kier molecular flexibility index (Phi) is 3.98. The lowest BCUT2D eigenvalue weighted by atomic mass is 10.2. The van der Waals surface area contributed by atoms with Gasteiger partial charge in [-0.3, -0.25) is 10.1 Å². The van der Waals surface area contributed by atoms with Crippen molar-refractivity contribution in [3.05, 3.63) is 51.7 Å². The average Bonchev–Trinajstić information content (AvgIpc) is 3.11. The van der Waals surface area contributed by atoms with Crippen LogP contribution in [0.3, 0.4) is 0 Å². The number of anilines is 1. The minimum Gasteiger partial charge on any atom is -0.403 e. The Bertz CT molecular complexity index is 738. The van der Waals surface area contributed by atoms with Crippen molar-refractivity contribution in [2.75, 3.05) is 5.32 Å². The van der Waals surface area contributed by atoms with Crippen molar-refractivity contribution in [1.82, 2.24) is 10.2 Å². The summed E-state index contributed by atoms with van der Waals surface area (Å²) in [5.74, 6) is 0.141. The van der Waals surface area contributed by atoms with Gasteiger partial charge in [0.2, 0.25) is 11.8 Å². The maximum atomic E-state index is 11.8. The normalized spacial score (nSPS) is 10.5. The quantitative estimate of drug-likeness (QED) is 0.797. The van der Waals surface area contributed by atoms with Gasteiger partial charge >= 0.3 is 6.01 Å². The molecule has 21 heavy (non-hydrogen) atoms. The van der Waals surface area contributed by atoms with Gasteiger partial charge in [-0.2, -0.15) is 0 Å². The monoisotopic (exact) mass is 319 g/mol. The van der Waals surface area contributed by atoms with Crippen LogP contribution in [0.4, 0.5) is 6.01 Å². The lowest BCUT2D eigenvalue weighted by molar-refractivity contribution is -0.115. The highest BCUT2D eigenvalue weighted by Gasteiger charge is 2.12. The fourth-order valence-electron chi connectivity index (χ4n) is 1.72. The number of aromatic nitrogens is 2. The molecular weight excluding hydrogens is 310 g/mol. The van der Waals surface area contributed by atoms with Crippen LogP contribution in [-0.2, 0) is 11.2 Å². The lowest BCUT2D eigenvalue weighted by Gasteiger charge is -1.98. The molecule has 0 aliphatic rings. The van der Waals surface area contributed by atoms with E-state index in [2.05, 4.69) is 15.5 Å². The van der Waals surface area contributed by atoms with E-state index in [0.717, 1.165) is 10.4 Å². The number of nitrogens with one attached hydrogen (secondary N) is 1. The summed E-state index contributed by atoms with van der Waals surface area (Å²) in [4.78, 5) is 12.8. The van der Waals surface area contributed by atoms with E-state index in [1.54, 1.807) is 24.3 Å². The second-order valence-electron chi connectivity index (χ2n) is 4.22. The van der Waals surface area contributed by atoms with E-state index >= 15 is 0 Å². The molecule has 106 valence electrons. The Morgan fingerprint density at radius 2 is 2.05 bits per heavy atom. The van der Waals surface area contributed by atoms with Gasteiger partial charge < -0.3 is 4.42 Å². The van der Waals surface area contributed by atoms with E-state index in [1.807, 2.05) is 17.5 Å². The maximum absolute atomic E-state index is 11.8. The van der Waals surface area contributed by atoms with E-state index in [0.29, 0.717) is 10.9 Å². The molecule has 7 heteroatoms. The highest BCUT2D eigenvalue weighted by molar-refractivity contribution is 7.10. The molecule has 0 fully saturated rings. The highest BCUT2D eigenvalue weighted by Crippen LogP contribution is 2.21. The molecule has 2 heterocycles. The van der Waals surface area contributed by atoms with Crippen LogP contribution in [0.15, 0.2) is 46.2 Å². The second kappa shape index (κ2) is 6.07. The van der Waals surface area contributed by atoms with Crippen molar-refractivity contribution < 1.29 is 9.21 Å². The number of benzene rings is 1. The van der Waals surface area contributed by atoms with Crippen LogP contribution >= 0.6 is 22.9 Å². The van der Waals surface area contributed by atoms with Crippen molar-refractivity contribution in [1.29, 1.82) is 0 Å². The second-order valence-corrected chi connectivity index (χ2v) is 5.69. The molecule has 0 atom stereocenters. The molecule has 1 amide bonds. The van der Waals surface area contributed by atoms with Gasteiger partial charge in [0.15, 0.2) is 0 Å². The average molecular weight is 320 g/mol. The molecule has 0 radical (unpaired) electrons. The number of nitrogens with zero attached hydrogens (tertiary/aromatic N) is 2. The standard InChI is InChI=1S/C14H10ClN3O2S/c15-10-5-3-9(4-6-10)13-17-18-14(20-13)16-12(19)8-11-2-1-7-21-11/h1-7H,8H2,(H,16,18,19). The molecule has 3 aromatic rings. The minimum atomic E-state index is -0.191. The molecule has 3 rings (SSSR count). The van der Waals surface area contributed by atoms with Gasteiger partial charge in [0.1, 0.15) is 0 Å². The van der Waals surface area contributed by atoms with E-state index in [9.17, 15) is 4.79 Å². The van der Waals surface area contributed by atoms with Gasteiger partial charge in [-0.15, -0.1) is 16.4 Å². The smallest absolute Gasteiger partial charge is 0.322 e. The van der Waals surface area contributed by atoms with Crippen molar-refractivity contribution in [2.24, 2.45) is 0 Å². The first-order valence-corrected chi connectivity index (χ1v) is 7.38. The summed E-state index contributed by atoms with van der Waals surface area (Å²) in [6.07, 6.45) is 0.288. The summed E-state index contributed by atoms with van der Waals surface area (Å²) in [7, 11) is 0. The Balaban J connectivity index is 1.67. The van der Waals surface area contributed by atoms with Gasteiger partial charge in [-0.05, 0) is 35.7 Å². The van der Waals surface area contributed by atoms with Crippen LogP contribution in [0, 0.1) is 0 Å². The first-order valence-electron chi connectivity index (χ1n) is 6.12. The summed E-state index contributed by atoms with van der Waals surface area (Å²) in [6, 6.07) is 10.9. The minimum absolute atomic E-state index is 0.0847. The predicted molar refractivity (Wildman–Crippen MR) is 81.4 cm³/mol. The zero-order valence-electron chi connectivity index (χ0n) is 10.7. The number of halogens is 1. The maximum Gasteiger partial charge on any atom is 0.322 e. The Morgan fingerprint density at radius 3 is 2.76 bits per heavy atom. The number of hydrogen-bond donors (Lipinski definition) is 1. The van der Waals surface area contributed by atoms with Gasteiger partial charge in [0.25, 0.3) is 0 Å². The van der Waals surface area contributed by atoms with Gasteiger partial charge in [0, 0.05) is 15.5 Å². The predicted octanol–water partition coefficient (Wildman–Crippen LogP) is 3.63. The van der Waals surface area contributed by atoms with E-state index in [4.69, 9.17) is 16.0 Å². The largest absolute Gasteiger partial charge is 0.403 e. The van der Waals surface area contributed by atoms with Gasteiger partial charge in [0.05, 0.1) is 6.42 Å². The molecule has 0 unspecified atom stereocenters. The van der Waals surface area contributed by atoms with Gasteiger partial charge in [-0.25, -0.2) is 0 Å². The summed E-state index contributed by atoms with van der Waals surface area (Å²) < 4.78 is 5.41. The SMILES string of the molecule is O=C(Cc1cccs1)Nc1nnc(-c2ccc(Cl)cc2)o1. The number of thiophene rings is 1. The summed E-state index contributed by atoms with van der Waals surface area (Å²) >= 11 is 7.34. The number of carbonyl (C=O) groups excluding carboxylic acids is 1. The Labute approximate surface area is 129 Å².